The second-order valence-corrected chi connectivity index (χ2v) is 13.8. The number of nitrogens with zero attached hydrogens (tertiary/aromatic N) is 4. The number of carbonyl (C=O) groups excluding carboxylic acids is 1. The second-order valence-electron chi connectivity index (χ2n) is 10.7. The van der Waals surface area contributed by atoms with Crippen molar-refractivity contribution in [2.75, 3.05) is 24.2 Å². The number of carbonyl (C=O) groups is 1. The molecule has 3 aromatic heterocycles. The van der Waals surface area contributed by atoms with E-state index in [1.165, 1.54) is 4.90 Å². The van der Waals surface area contributed by atoms with Crippen molar-refractivity contribution in [1.29, 1.82) is 0 Å². The average Bonchev–Trinajstić information content (AvgIpc) is 3.85. The quantitative estimate of drug-likeness (QED) is 0.453. The molecule has 0 spiro atoms. The topological polar surface area (TPSA) is 117 Å². The van der Waals surface area contributed by atoms with Gasteiger partial charge in [0.15, 0.2) is 9.84 Å². The van der Waals surface area contributed by atoms with Crippen LogP contribution in [0.5, 0.6) is 0 Å². The number of sulfone groups is 1. The molecule has 3 aromatic rings. The van der Waals surface area contributed by atoms with E-state index >= 15 is 0 Å². The van der Waals surface area contributed by atoms with Gasteiger partial charge in [0, 0.05) is 31.2 Å². The van der Waals surface area contributed by atoms with Crippen LogP contribution in [0.4, 0.5) is 24.8 Å². The Bertz CT molecular complexity index is 1650. The summed E-state index contributed by atoms with van der Waals surface area (Å²) in [6, 6.07) is 3.11. The number of fused-ring (bicyclic) bond motifs is 2. The van der Waals surface area contributed by atoms with E-state index < -0.39 is 33.2 Å². The summed E-state index contributed by atoms with van der Waals surface area (Å²) < 4.78 is 68.4. The molecule has 14 heteroatoms. The Morgan fingerprint density at radius 3 is 2.65 bits per heavy atom. The number of halogens is 3. The molecule has 9 nitrogen and oxygen atoms in total. The molecule has 0 atom stereocenters. The van der Waals surface area contributed by atoms with Crippen LogP contribution >= 0.6 is 11.3 Å². The van der Waals surface area contributed by atoms with E-state index in [-0.39, 0.29) is 44.9 Å². The fourth-order valence-electron chi connectivity index (χ4n) is 5.30. The zero-order valence-electron chi connectivity index (χ0n) is 21.2. The molecular formula is C26H25F3N6O3S2. The lowest BCUT2D eigenvalue weighted by Crippen LogP contribution is -2.34. The summed E-state index contributed by atoms with van der Waals surface area (Å²) in [4.78, 5) is 27.5. The van der Waals surface area contributed by atoms with Crippen LogP contribution in [0.1, 0.15) is 63.8 Å². The van der Waals surface area contributed by atoms with Gasteiger partial charge in [-0.15, -0.1) is 11.3 Å². The van der Waals surface area contributed by atoms with Gasteiger partial charge in [-0.05, 0) is 56.3 Å². The molecule has 0 bridgehead atoms. The number of aromatic nitrogens is 3. The molecule has 2 saturated carbocycles. The van der Waals surface area contributed by atoms with Crippen molar-refractivity contribution in [3.05, 3.63) is 45.7 Å². The second kappa shape index (κ2) is 9.21. The van der Waals surface area contributed by atoms with E-state index in [0.717, 1.165) is 73.0 Å². The number of alkyl halides is 3. The van der Waals surface area contributed by atoms with E-state index in [1.807, 2.05) is 6.07 Å². The van der Waals surface area contributed by atoms with Gasteiger partial charge in [-0.2, -0.15) is 13.2 Å². The highest BCUT2D eigenvalue weighted by atomic mass is 32.2. The normalized spacial score (nSPS) is 20.6. The summed E-state index contributed by atoms with van der Waals surface area (Å²) in [6.45, 7) is 1.55. The van der Waals surface area contributed by atoms with Crippen molar-refractivity contribution in [3.8, 4) is 10.6 Å². The van der Waals surface area contributed by atoms with Crippen molar-refractivity contribution in [2.45, 2.75) is 61.7 Å². The number of nitrogens with one attached hydrogen (secondary N) is 2. The number of rotatable bonds is 5. The molecule has 2 aliphatic carbocycles. The lowest BCUT2D eigenvalue weighted by Gasteiger charge is -2.20. The van der Waals surface area contributed by atoms with Crippen molar-refractivity contribution < 1.29 is 26.4 Å². The molecular weight excluding hydrogens is 565 g/mol. The third-order valence-corrected chi connectivity index (χ3v) is 10.7. The van der Waals surface area contributed by atoms with Gasteiger partial charge < -0.3 is 15.5 Å². The minimum Gasteiger partial charge on any atom is -0.334 e. The van der Waals surface area contributed by atoms with E-state index in [1.54, 1.807) is 0 Å². The van der Waals surface area contributed by atoms with E-state index in [4.69, 9.17) is 4.98 Å². The number of anilines is 2. The zero-order valence-corrected chi connectivity index (χ0v) is 22.8. The lowest BCUT2D eigenvalue weighted by molar-refractivity contribution is -0.137. The Morgan fingerprint density at radius 2 is 1.93 bits per heavy atom. The van der Waals surface area contributed by atoms with Crippen molar-refractivity contribution in [1.82, 2.24) is 25.2 Å². The molecule has 2 aliphatic heterocycles. The lowest BCUT2D eigenvalue weighted by atomic mass is 10.0. The van der Waals surface area contributed by atoms with Crippen LogP contribution in [0.2, 0.25) is 0 Å². The van der Waals surface area contributed by atoms with E-state index in [2.05, 4.69) is 20.6 Å². The first-order chi connectivity index (χ1) is 19.1. The molecule has 2 N–H and O–H groups in total. The first-order valence-electron chi connectivity index (χ1n) is 13.2. The summed E-state index contributed by atoms with van der Waals surface area (Å²) in [5.74, 6) is -0.522. The summed E-state index contributed by atoms with van der Waals surface area (Å²) in [6.07, 6.45) is 0.224. The van der Waals surface area contributed by atoms with Crippen LogP contribution in [0, 0.1) is 0 Å². The van der Waals surface area contributed by atoms with Gasteiger partial charge in [0.1, 0.15) is 10.4 Å². The van der Waals surface area contributed by atoms with Crippen LogP contribution in [-0.2, 0) is 29.0 Å². The maximum absolute atomic E-state index is 14.1. The number of amides is 1. The van der Waals surface area contributed by atoms with Crippen LogP contribution < -0.4 is 10.6 Å². The summed E-state index contributed by atoms with van der Waals surface area (Å²) in [5, 5.41) is 6.40. The smallest absolute Gasteiger partial charge is 0.334 e. The summed E-state index contributed by atoms with van der Waals surface area (Å²) in [5.41, 5.74) is 1.96. The highest BCUT2D eigenvalue weighted by molar-refractivity contribution is 7.91. The minimum atomic E-state index is -4.79. The number of hydrogen-bond acceptors (Lipinski definition) is 9. The molecule has 0 radical (unpaired) electrons. The highest BCUT2D eigenvalue weighted by Crippen LogP contribution is 2.45. The predicted octanol–water partition coefficient (Wildman–Crippen LogP) is 4.28. The van der Waals surface area contributed by atoms with Gasteiger partial charge in [0.25, 0.3) is 5.91 Å². The fraction of sp³-hybridized carbons (Fsp3) is 0.462. The summed E-state index contributed by atoms with van der Waals surface area (Å²) >= 11 is 0.735. The molecule has 7 rings (SSSR count). The first kappa shape index (κ1) is 25.8. The molecule has 2 fully saturated rings. The minimum absolute atomic E-state index is 0.0264. The number of thiophene rings is 1. The Labute approximate surface area is 232 Å². The van der Waals surface area contributed by atoms with E-state index in [0.29, 0.717) is 18.4 Å². The van der Waals surface area contributed by atoms with Crippen molar-refractivity contribution in [2.24, 2.45) is 0 Å². The van der Waals surface area contributed by atoms with Gasteiger partial charge in [-0.1, -0.05) is 0 Å². The predicted molar refractivity (Wildman–Crippen MR) is 141 cm³/mol. The SMILES string of the molecule is O=C1c2sc(-c3nc(Nc4cc5c(nc4C4CC4)CNCC5)ncc3C(F)(F)F)cc2S(=O)(=O)CCN1C1CC1. The molecule has 1 amide bonds. The molecule has 5 heterocycles. The maximum atomic E-state index is 14.1. The summed E-state index contributed by atoms with van der Waals surface area (Å²) in [7, 11) is -3.87. The zero-order chi connectivity index (χ0) is 27.8. The van der Waals surface area contributed by atoms with Gasteiger partial charge in [0.05, 0.1) is 38.3 Å². The molecule has 4 aliphatic rings. The van der Waals surface area contributed by atoms with Crippen LogP contribution in [0.15, 0.2) is 23.2 Å². The molecule has 210 valence electrons. The Morgan fingerprint density at radius 1 is 1.12 bits per heavy atom. The highest BCUT2D eigenvalue weighted by Gasteiger charge is 2.42. The molecule has 0 saturated heterocycles. The first-order valence-corrected chi connectivity index (χ1v) is 15.7. The average molecular weight is 591 g/mol. The van der Waals surface area contributed by atoms with Gasteiger partial charge in [-0.3, -0.25) is 9.78 Å². The van der Waals surface area contributed by atoms with Gasteiger partial charge >= 0.3 is 6.18 Å². The molecule has 40 heavy (non-hydrogen) atoms. The van der Waals surface area contributed by atoms with Crippen LogP contribution in [0.25, 0.3) is 10.6 Å². The monoisotopic (exact) mass is 590 g/mol. The third kappa shape index (κ3) is 4.65. The Kier molecular flexibility index (Phi) is 5.95. The number of pyridine rings is 1. The Balaban J connectivity index is 1.31. The van der Waals surface area contributed by atoms with Crippen molar-refractivity contribution >= 4 is 38.7 Å². The fourth-order valence-corrected chi connectivity index (χ4v) is 8.22. The Hall–Kier alpha value is -3.10. The third-order valence-electron chi connectivity index (χ3n) is 7.70. The van der Waals surface area contributed by atoms with Crippen LogP contribution in [-0.4, -0.2) is 59.1 Å². The molecule has 0 unspecified atom stereocenters. The van der Waals surface area contributed by atoms with Crippen LogP contribution in [0.3, 0.4) is 0 Å². The van der Waals surface area contributed by atoms with Crippen molar-refractivity contribution in [3.63, 3.8) is 0 Å². The van der Waals surface area contributed by atoms with Gasteiger partial charge in [0.2, 0.25) is 5.95 Å². The largest absolute Gasteiger partial charge is 0.420 e. The maximum Gasteiger partial charge on any atom is 0.420 e. The van der Waals surface area contributed by atoms with E-state index in [9.17, 15) is 26.4 Å². The standard InChI is InChI=1S/C26H25F3N6O3S2/c27-26(28,29)16-11-31-25(33-17-9-14-5-6-30-12-18(14)32-21(17)13-1-2-13)34-22(16)19-10-20-23(39-19)24(36)35(15-3-4-15)7-8-40(20,37)38/h9-11,13,15,30H,1-8,12H2,(H,31,33,34). The van der Waals surface area contributed by atoms with Gasteiger partial charge in [-0.25, -0.2) is 18.4 Å². The molecule has 0 aromatic carbocycles. The number of hydrogen-bond donors (Lipinski definition) is 2.